The molecule has 2 heterocycles. The largest absolute Gasteiger partial charge is 0.450 e. The molecule has 0 bridgehead atoms. The second-order valence-electron chi connectivity index (χ2n) is 7.51. The Morgan fingerprint density at radius 2 is 1.61 bits per heavy atom. The number of amides is 1. The molecule has 0 saturated heterocycles. The van der Waals surface area contributed by atoms with Crippen LogP contribution >= 0.6 is 0 Å². The van der Waals surface area contributed by atoms with Gasteiger partial charge in [-0.2, -0.15) is 0 Å². The number of fused-ring (bicyclic) bond motifs is 2. The molecule has 0 fully saturated rings. The second-order valence-corrected chi connectivity index (χ2v) is 7.51. The molecule has 0 saturated carbocycles. The van der Waals surface area contributed by atoms with Crippen LogP contribution in [0.25, 0.3) is 11.0 Å². The molecule has 0 unspecified atom stereocenters. The molecule has 31 heavy (non-hydrogen) atoms. The van der Waals surface area contributed by atoms with Gasteiger partial charge in [0.15, 0.2) is 5.43 Å². The summed E-state index contributed by atoms with van der Waals surface area (Å²) in [5.41, 5.74) is 1.43. The van der Waals surface area contributed by atoms with Crippen LogP contribution in [0.5, 0.6) is 0 Å². The zero-order chi connectivity index (χ0) is 21.5. The average molecular weight is 415 g/mol. The molecule has 154 valence electrons. The minimum Gasteiger partial charge on any atom is -0.450 e. The Bertz CT molecular complexity index is 1330. The van der Waals surface area contributed by atoms with E-state index in [1.54, 1.807) is 60.7 Å². The predicted molar refractivity (Wildman–Crippen MR) is 113 cm³/mol. The highest BCUT2D eigenvalue weighted by Crippen LogP contribution is 2.39. The first-order chi connectivity index (χ1) is 15.0. The molecule has 2 atom stereocenters. The molecule has 1 N–H and O–H groups in total. The minimum absolute atomic E-state index is 0.0433. The van der Waals surface area contributed by atoms with Gasteiger partial charge in [-0.05, 0) is 35.4 Å². The zero-order valence-electron chi connectivity index (χ0n) is 16.4. The van der Waals surface area contributed by atoms with Crippen LogP contribution in [0.2, 0.25) is 0 Å². The monoisotopic (exact) mass is 415 g/mol. The third kappa shape index (κ3) is 3.21. The number of hydrogen-bond acceptors (Lipinski definition) is 4. The van der Waals surface area contributed by atoms with E-state index in [9.17, 15) is 19.1 Å². The highest BCUT2D eigenvalue weighted by Gasteiger charge is 2.43. The SMILES string of the molecule is O=C1c2oc3ccccc3c(=O)c2[C@@H](c2ccc(F)cc2)N1C[C@H](O)c1ccccc1. The van der Waals surface area contributed by atoms with Gasteiger partial charge in [0.1, 0.15) is 11.4 Å². The van der Waals surface area contributed by atoms with Crippen LogP contribution in [0.15, 0.2) is 88.1 Å². The Labute approximate surface area is 177 Å². The molecule has 1 aliphatic heterocycles. The summed E-state index contributed by atoms with van der Waals surface area (Å²) >= 11 is 0. The number of benzene rings is 3. The highest BCUT2D eigenvalue weighted by molar-refractivity contribution is 5.99. The van der Waals surface area contributed by atoms with Crippen LogP contribution in [0, 0.1) is 5.82 Å². The maximum atomic E-state index is 13.6. The Balaban J connectivity index is 1.67. The van der Waals surface area contributed by atoms with E-state index in [2.05, 4.69) is 0 Å². The van der Waals surface area contributed by atoms with Gasteiger partial charge in [-0.15, -0.1) is 0 Å². The normalized spacial score (nSPS) is 16.5. The first kappa shape index (κ1) is 19.2. The summed E-state index contributed by atoms with van der Waals surface area (Å²) < 4.78 is 19.4. The summed E-state index contributed by atoms with van der Waals surface area (Å²) in [5, 5.41) is 11.1. The van der Waals surface area contributed by atoms with Gasteiger partial charge in [0, 0.05) is 0 Å². The Morgan fingerprint density at radius 3 is 2.35 bits per heavy atom. The van der Waals surface area contributed by atoms with E-state index in [1.165, 1.54) is 17.0 Å². The summed E-state index contributed by atoms with van der Waals surface area (Å²) in [4.78, 5) is 28.1. The fraction of sp³-hybridized carbons (Fsp3) is 0.120. The van der Waals surface area contributed by atoms with Gasteiger partial charge in [0.05, 0.1) is 29.6 Å². The van der Waals surface area contributed by atoms with E-state index >= 15 is 0 Å². The summed E-state index contributed by atoms with van der Waals surface area (Å²) in [6.07, 6.45) is -0.966. The van der Waals surface area contributed by atoms with Gasteiger partial charge in [-0.1, -0.05) is 54.6 Å². The van der Waals surface area contributed by atoms with E-state index in [1.807, 2.05) is 6.07 Å². The first-order valence-corrected chi connectivity index (χ1v) is 9.90. The quantitative estimate of drug-likeness (QED) is 0.542. The summed E-state index contributed by atoms with van der Waals surface area (Å²) in [6, 6.07) is 20.6. The maximum absolute atomic E-state index is 13.6. The van der Waals surface area contributed by atoms with Gasteiger partial charge >= 0.3 is 0 Å². The Hall–Kier alpha value is -3.77. The number of β-amino-alcohol motifs (C(OH)–C–C–N with tert-alkyl or cyclic N) is 1. The molecule has 5 nitrogen and oxygen atoms in total. The molecule has 1 amide bonds. The molecular formula is C25H18FNO4. The lowest BCUT2D eigenvalue weighted by molar-refractivity contribution is 0.0583. The number of halogens is 1. The number of carbonyl (C=O) groups is 1. The van der Waals surface area contributed by atoms with Crippen molar-refractivity contribution in [1.82, 2.24) is 4.90 Å². The van der Waals surface area contributed by atoms with Gasteiger partial charge in [0.2, 0.25) is 5.76 Å². The fourth-order valence-corrected chi connectivity index (χ4v) is 4.11. The summed E-state index contributed by atoms with van der Waals surface area (Å²) in [5.74, 6) is -0.949. The van der Waals surface area contributed by atoms with E-state index in [0.29, 0.717) is 22.1 Å². The van der Waals surface area contributed by atoms with Gasteiger partial charge in [0.25, 0.3) is 5.91 Å². The minimum atomic E-state index is -0.966. The molecule has 3 aromatic carbocycles. The topological polar surface area (TPSA) is 70.8 Å². The van der Waals surface area contributed by atoms with Crippen molar-refractivity contribution in [3.8, 4) is 0 Å². The smallest absolute Gasteiger partial charge is 0.291 e. The molecule has 5 rings (SSSR count). The third-order valence-corrected chi connectivity index (χ3v) is 5.61. The standard InChI is InChI=1S/C25H18FNO4/c26-17-12-10-16(11-13-17)22-21-23(29)18-8-4-5-9-20(18)31-24(21)25(30)27(22)14-19(28)15-6-2-1-3-7-15/h1-13,19,22,28H,14H2/t19-,22+/m0/s1. The van der Waals surface area contributed by atoms with Crippen molar-refractivity contribution in [1.29, 1.82) is 0 Å². The zero-order valence-corrected chi connectivity index (χ0v) is 16.4. The van der Waals surface area contributed by atoms with Gasteiger partial charge < -0.3 is 14.4 Å². The highest BCUT2D eigenvalue weighted by atomic mass is 19.1. The molecule has 0 spiro atoms. The lowest BCUT2D eigenvalue weighted by Crippen LogP contribution is -2.33. The van der Waals surface area contributed by atoms with Crippen LogP contribution in [-0.2, 0) is 0 Å². The van der Waals surface area contributed by atoms with Crippen LogP contribution in [0.4, 0.5) is 4.39 Å². The molecule has 6 heteroatoms. The lowest BCUT2D eigenvalue weighted by Gasteiger charge is -2.27. The van der Waals surface area contributed by atoms with E-state index < -0.39 is 23.9 Å². The molecule has 1 aliphatic rings. The van der Waals surface area contributed by atoms with Crippen molar-refractivity contribution in [3.05, 3.63) is 117 Å². The van der Waals surface area contributed by atoms with Crippen LogP contribution in [0.1, 0.15) is 39.4 Å². The number of para-hydroxylation sites is 1. The number of carbonyl (C=O) groups excluding carboxylic acids is 1. The third-order valence-electron chi connectivity index (χ3n) is 5.61. The number of aliphatic hydroxyl groups is 1. The van der Waals surface area contributed by atoms with Crippen molar-refractivity contribution in [2.45, 2.75) is 12.1 Å². The number of nitrogens with zero attached hydrogens (tertiary/aromatic N) is 1. The molecule has 4 aromatic rings. The Kier molecular flexibility index (Phi) is 4.64. The number of rotatable bonds is 4. The molecular weight excluding hydrogens is 397 g/mol. The summed E-state index contributed by atoms with van der Waals surface area (Å²) in [6.45, 7) is -0.0507. The number of hydrogen-bond donors (Lipinski definition) is 1. The van der Waals surface area contributed by atoms with Crippen molar-refractivity contribution in [2.75, 3.05) is 6.54 Å². The van der Waals surface area contributed by atoms with Crippen LogP contribution < -0.4 is 5.43 Å². The molecule has 0 aliphatic carbocycles. The van der Waals surface area contributed by atoms with Crippen molar-refractivity contribution in [3.63, 3.8) is 0 Å². The van der Waals surface area contributed by atoms with Crippen molar-refractivity contribution >= 4 is 16.9 Å². The van der Waals surface area contributed by atoms with Crippen molar-refractivity contribution in [2.24, 2.45) is 0 Å². The molecule has 0 radical (unpaired) electrons. The second kappa shape index (κ2) is 7.49. The van der Waals surface area contributed by atoms with Gasteiger partial charge in [-0.25, -0.2) is 4.39 Å². The van der Waals surface area contributed by atoms with Crippen LogP contribution in [-0.4, -0.2) is 22.5 Å². The van der Waals surface area contributed by atoms with Crippen LogP contribution in [0.3, 0.4) is 0 Å². The maximum Gasteiger partial charge on any atom is 0.291 e. The first-order valence-electron chi connectivity index (χ1n) is 9.90. The van der Waals surface area contributed by atoms with Crippen molar-refractivity contribution < 1.29 is 18.7 Å². The summed E-state index contributed by atoms with van der Waals surface area (Å²) in [7, 11) is 0. The molecule has 1 aromatic heterocycles. The lowest BCUT2D eigenvalue weighted by atomic mass is 9.98. The predicted octanol–water partition coefficient (Wildman–Crippen LogP) is 4.21. The van der Waals surface area contributed by atoms with Gasteiger partial charge in [-0.3, -0.25) is 9.59 Å². The number of aliphatic hydroxyl groups excluding tert-OH is 1. The Morgan fingerprint density at radius 1 is 0.935 bits per heavy atom. The average Bonchev–Trinajstić information content (AvgIpc) is 3.07. The van der Waals surface area contributed by atoms with E-state index in [4.69, 9.17) is 4.42 Å². The van der Waals surface area contributed by atoms with E-state index in [0.717, 1.165) is 0 Å². The van der Waals surface area contributed by atoms with E-state index in [-0.39, 0.29) is 23.3 Å². The fourth-order valence-electron chi connectivity index (χ4n) is 4.11.